The highest BCUT2D eigenvalue weighted by atomic mass is 15.0. The highest BCUT2D eigenvalue weighted by Crippen LogP contribution is 2.26. The van der Waals surface area contributed by atoms with Crippen molar-refractivity contribution in [3.8, 4) is 0 Å². The lowest BCUT2D eigenvalue weighted by atomic mass is 9.89. The minimum absolute atomic E-state index is 0.0972. The van der Waals surface area contributed by atoms with Crippen molar-refractivity contribution in [1.29, 1.82) is 5.41 Å². The van der Waals surface area contributed by atoms with E-state index in [1.807, 2.05) is 24.3 Å². The van der Waals surface area contributed by atoms with Gasteiger partial charge in [-0.1, -0.05) is 24.3 Å². The van der Waals surface area contributed by atoms with E-state index in [0.717, 1.165) is 0 Å². The van der Waals surface area contributed by atoms with E-state index in [-0.39, 0.29) is 11.8 Å². The van der Waals surface area contributed by atoms with Gasteiger partial charge in [-0.2, -0.15) is 0 Å². The van der Waals surface area contributed by atoms with Gasteiger partial charge in [-0.15, -0.1) is 0 Å². The topological polar surface area (TPSA) is 62.2 Å². The Hall–Kier alpha value is -1.38. The van der Waals surface area contributed by atoms with Crippen molar-refractivity contribution in [3.05, 3.63) is 24.3 Å². The van der Waals surface area contributed by atoms with E-state index in [1.54, 1.807) is 0 Å². The van der Waals surface area contributed by atoms with Crippen LogP contribution in [-0.4, -0.2) is 11.7 Å². The third-order valence-corrected chi connectivity index (χ3v) is 2.04. The summed E-state index contributed by atoms with van der Waals surface area (Å²) in [4.78, 5) is 3.91. The number of nitrogens with zero attached hydrogens (tertiary/aromatic N) is 1. The predicted molar refractivity (Wildman–Crippen MR) is 44.6 cm³/mol. The summed E-state index contributed by atoms with van der Waals surface area (Å²) in [5, 5.41) is 7.45. The fourth-order valence-corrected chi connectivity index (χ4v) is 1.44. The Morgan fingerprint density at radius 1 is 1.27 bits per heavy atom. The number of aliphatic imine (C=N–C) groups is 1. The molecule has 2 atom stereocenters. The second kappa shape index (κ2) is 2.05. The van der Waals surface area contributed by atoms with E-state index in [2.05, 4.69) is 4.99 Å². The third kappa shape index (κ3) is 0.808. The molecular formula is C8H9N3. The van der Waals surface area contributed by atoms with Crippen LogP contribution in [0.25, 0.3) is 0 Å². The minimum Gasteiger partial charge on any atom is -0.387 e. The zero-order valence-electron chi connectivity index (χ0n) is 5.99. The molecule has 0 saturated heterocycles. The van der Waals surface area contributed by atoms with Gasteiger partial charge in [-0.3, -0.25) is 5.41 Å². The summed E-state index contributed by atoms with van der Waals surface area (Å²) in [5.41, 5.74) is 5.60. The largest absolute Gasteiger partial charge is 0.387 e. The molecule has 56 valence electrons. The molecule has 0 bridgehead atoms. The summed E-state index contributed by atoms with van der Waals surface area (Å²) < 4.78 is 0. The predicted octanol–water partition coefficient (Wildman–Crippen LogP) is 0.693. The van der Waals surface area contributed by atoms with Crippen LogP contribution in [-0.2, 0) is 0 Å². The maximum absolute atomic E-state index is 7.45. The van der Waals surface area contributed by atoms with Crippen LogP contribution < -0.4 is 5.73 Å². The molecule has 0 aromatic rings. The van der Waals surface area contributed by atoms with Crippen molar-refractivity contribution in [3.63, 3.8) is 0 Å². The Balaban J connectivity index is 2.38. The molecule has 0 aromatic heterocycles. The zero-order chi connectivity index (χ0) is 7.84. The first-order valence-corrected chi connectivity index (χ1v) is 3.56. The number of allylic oxidation sites excluding steroid dienone is 2. The van der Waals surface area contributed by atoms with E-state index in [0.29, 0.717) is 11.7 Å². The highest BCUT2D eigenvalue weighted by Gasteiger charge is 2.31. The lowest BCUT2D eigenvalue weighted by Crippen LogP contribution is -2.24. The van der Waals surface area contributed by atoms with E-state index in [4.69, 9.17) is 11.1 Å². The molecule has 1 aliphatic carbocycles. The number of fused-ring (bicyclic) bond motifs is 1. The Bertz CT molecular complexity index is 286. The van der Waals surface area contributed by atoms with Gasteiger partial charge in [0.05, 0.1) is 5.92 Å². The summed E-state index contributed by atoms with van der Waals surface area (Å²) in [6, 6.07) is 0. The van der Waals surface area contributed by atoms with Gasteiger partial charge >= 0.3 is 0 Å². The second-order valence-corrected chi connectivity index (χ2v) is 2.74. The average Bonchev–Trinajstić information content (AvgIpc) is 2.30. The molecule has 3 heteroatoms. The van der Waals surface area contributed by atoms with Gasteiger partial charge in [-0.05, 0) is 0 Å². The molecule has 0 radical (unpaired) electrons. The number of hydrogen-bond donors (Lipinski definition) is 2. The smallest absolute Gasteiger partial charge is 0.130 e. The molecule has 1 aliphatic heterocycles. The van der Waals surface area contributed by atoms with Crippen molar-refractivity contribution < 1.29 is 0 Å². The SMILES string of the molecule is N=C1N=C(N)C2C=CC=CC12. The van der Waals surface area contributed by atoms with Gasteiger partial charge in [0, 0.05) is 5.92 Å². The van der Waals surface area contributed by atoms with Crippen LogP contribution in [0.2, 0.25) is 0 Å². The van der Waals surface area contributed by atoms with Crippen LogP contribution in [0, 0.1) is 17.2 Å². The quantitative estimate of drug-likeness (QED) is 0.520. The zero-order valence-corrected chi connectivity index (χ0v) is 5.99. The molecule has 11 heavy (non-hydrogen) atoms. The molecule has 0 aromatic carbocycles. The van der Waals surface area contributed by atoms with E-state index in [9.17, 15) is 0 Å². The molecule has 0 saturated carbocycles. The molecule has 2 rings (SSSR count). The molecule has 3 N–H and O–H groups in total. The first-order valence-electron chi connectivity index (χ1n) is 3.56. The van der Waals surface area contributed by atoms with Crippen LogP contribution in [0.15, 0.2) is 29.3 Å². The summed E-state index contributed by atoms with van der Waals surface area (Å²) >= 11 is 0. The minimum atomic E-state index is 0.0972. The van der Waals surface area contributed by atoms with Crippen LogP contribution in [0.5, 0.6) is 0 Å². The van der Waals surface area contributed by atoms with E-state index >= 15 is 0 Å². The van der Waals surface area contributed by atoms with E-state index in [1.165, 1.54) is 0 Å². The molecule has 0 amide bonds. The summed E-state index contributed by atoms with van der Waals surface area (Å²) in [6.45, 7) is 0. The molecule has 2 aliphatic rings. The van der Waals surface area contributed by atoms with Crippen LogP contribution in [0.4, 0.5) is 0 Å². The van der Waals surface area contributed by atoms with Gasteiger partial charge in [0.25, 0.3) is 0 Å². The lowest BCUT2D eigenvalue weighted by molar-refractivity contribution is 0.755. The average molecular weight is 147 g/mol. The van der Waals surface area contributed by atoms with Gasteiger partial charge in [0.1, 0.15) is 11.7 Å². The lowest BCUT2D eigenvalue weighted by Gasteiger charge is -2.13. The monoisotopic (exact) mass is 147 g/mol. The maximum Gasteiger partial charge on any atom is 0.130 e. The Morgan fingerprint density at radius 2 is 1.91 bits per heavy atom. The van der Waals surface area contributed by atoms with Gasteiger partial charge in [-0.25, -0.2) is 4.99 Å². The van der Waals surface area contributed by atoms with Crippen LogP contribution in [0.1, 0.15) is 0 Å². The molecular weight excluding hydrogens is 138 g/mol. The van der Waals surface area contributed by atoms with Crippen molar-refractivity contribution >= 4 is 11.7 Å². The standard InChI is InChI=1S/C8H9N3/c9-7-5-3-1-2-4-6(5)8(10)11-7/h1-6H,(H3,9,10,11). The number of rotatable bonds is 0. The summed E-state index contributed by atoms with van der Waals surface area (Å²) in [6.07, 6.45) is 7.84. The van der Waals surface area contributed by atoms with Crippen LogP contribution >= 0.6 is 0 Å². The Kier molecular flexibility index (Phi) is 1.18. The molecule has 3 nitrogen and oxygen atoms in total. The first kappa shape index (κ1) is 6.34. The Labute approximate surface area is 64.8 Å². The maximum atomic E-state index is 7.45. The van der Waals surface area contributed by atoms with Crippen LogP contribution in [0.3, 0.4) is 0 Å². The number of hydrogen-bond acceptors (Lipinski definition) is 2. The molecule has 0 spiro atoms. The summed E-state index contributed by atoms with van der Waals surface area (Å²) in [7, 11) is 0. The van der Waals surface area contributed by atoms with Crippen molar-refractivity contribution in [2.45, 2.75) is 0 Å². The molecule has 2 unspecified atom stereocenters. The fourth-order valence-electron chi connectivity index (χ4n) is 1.44. The third-order valence-electron chi connectivity index (χ3n) is 2.04. The van der Waals surface area contributed by atoms with Crippen molar-refractivity contribution in [2.75, 3.05) is 0 Å². The summed E-state index contributed by atoms with van der Waals surface area (Å²) in [5.74, 6) is 1.20. The number of nitrogens with two attached hydrogens (primary N) is 1. The second-order valence-electron chi connectivity index (χ2n) is 2.74. The number of nitrogens with one attached hydrogen (secondary N) is 1. The van der Waals surface area contributed by atoms with Gasteiger partial charge in [0.2, 0.25) is 0 Å². The van der Waals surface area contributed by atoms with Crippen molar-refractivity contribution in [1.82, 2.24) is 0 Å². The normalized spacial score (nSPS) is 33.8. The first-order chi connectivity index (χ1) is 5.29. The van der Waals surface area contributed by atoms with Crippen molar-refractivity contribution in [2.24, 2.45) is 22.6 Å². The van der Waals surface area contributed by atoms with Gasteiger partial charge < -0.3 is 5.73 Å². The Morgan fingerprint density at radius 3 is 2.55 bits per heavy atom. The molecule has 0 fully saturated rings. The highest BCUT2D eigenvalue weighted by molar-refractivity contribution is 6.06. The number of amidine groups is 2. The fraction of sp³-hybridized carbons (Fsp3) is 0.250. The van der Waals surface area contributed by atoms with Gasteiger partial charge in [0.15, 0.2) is 0 Å². The van der Waals surface area contributed by atoms with E-state index < -0.39 is 0 Å². The molecule has 1 heterocycles.